The molecule has 4 heteroatoms. The van der Waals surface area contributed by atoms with Gasteiger partial charge in [0, 0.05) is 39.8 Å². The standard InChI is InChI=1S/C11H16O.C10H14O.CH4O.CH3.Y/c1-7-6-8(2)11(12-5)10(4)9(7)3;1-7-5-8(2)10(11-4)9(3)6-7;1-2;;/h6H,1-5H3;5-6H,1-4H3;2H,1H3;1H3;/q;;;-1;. The molecule has 2 rings (SSSR count). The smallest absolute Gasteiger partial charge is 0.124 e. The van der Waals surface area contributed by atoms with Crippen molar-refractivity contribution in [1.29, 1.82) is 0 Å². The molecule has 0 fully saturated rings. The number of aliphatic hydroxyl groups is 1. The second-order valence-corrected chi connectivity index (χ2v) is 6.23. The summed E-state index contributed by atoms with van der Waals surface area (Å²) in [4.78, 5) is 0. The van der Waals surface area contributed by atoms with Crippen LogP contribution in [-0.4, -0.2) is 26.4 Å². The van der Waals surface area contributed by atoms with Crippen molar-refractivity contribution >= 4 is 0 Å². The summed E-state index contributed by atoms with van der Waals surface area (Å²) in [7, 11) is 4.44. The van der Waals surface area contributed by atoms with Crippen molar-refractivity contribution in [2.45, 2.75) is 48.5 Å². The van der Waals surface area contributed by atoms with Crippen LogP contribution >= 0.6 is 0 Å². The summed E-state index contributed by atoms with van der Waals surface area (Å²) in [6.07, 6.45) is 0. The number of rotatable bonds is 2. The van der Waals surface area contributed by atoms with Crippen LogP contribution in [0.2, 0.25) is 0 Å². The molecule has 0 aliphatic carbocycles. The Morgan fingerprint density at radius 2 is 0.963 bits per heavy atom. The monoisotopic (exact) mass is 450 g/mol. The number of hydrogen-bond acceptors (Lipinski definition) is 3. The summed E-state index contributed by atoms with van der Waals surface area (Å²) in [5, 5.41) is 7.00. The molecule has 0 aliphatic heterocycles. The molecule has 0 spiro atoms. The van der Waals surface area contributed by atoms with Crippen LogP contribution in [0.15, 0.2) is 18.2 Å². The van der Waals surface area contributed by atoms with Crippen LogP contribution in [0.1, 0.15) is 38.9 Å². The average Bonchev–Trinajstić information content (AvgIpc) is 2.55. The number of aryl methyl sites for hydroxylation is 5. The number of hydrogen-bond donors (Lipinski definition) is 1. The third kappa shape index (κ3) is 8.76. The Kier molecular flexibility index (Phi) is 17.2. The van der Waals surface area contributed by atoms with E-state index < -0.39 is 0 Å². The van der Waals surface area contributed by atoms with Crippen LogP contribution in [0.25, 0.3) is 0 Å². The van der Waals surface area contributed by atoms with Gasteiger partial charge in [-0.2, -0.15) is 0 Å². The van der Waals surface area contributed by atoms with Crippen molar-refractivity contribution in [3.8, 4) is 11.5 Å². The van der Waals surface area contributed by atoms with Crippen LogP contribution in [0.4, 0.5) is 0 Å². The summed E-state index contributed by atoms with van der Waals surface area (Å²) >= 11 is 0. The molecule has 27 heavy (non-hydrogen) atoms. The van der Waals surface area contributed by atoms with E-state index in [0.717, 1.165) is 18.6 Å². The Labute approximate surface area is 192 Å². The van der Waals surface area contributed by atoms with E-state index in [4.69, 9.17) is 14.6 Å². The normalized spacial score (nSPS) is 8.70. The van der Waals surface area contributed by atoms with Gasteiger partial charge in [-0.05, 0) is 81.8 Å². The Balaban J connectivity index is -0.000000367. The zero-order valence-electron chi connectivity index (χ0n) is 19.1. The first-order chi connectivity index (χ1) is 11.7. The number of benzene rings is 2. The fourth-order valence-electron chi connectivity index (χ4n) is 3.06. The van der Waals surface area contributed by atoms with Gasteiger partial charge in [0.1, 0.15) is 11.5 Å². The molecular formula is C23H37O3Y-. The van der Waals surface area contributed by atoms with Crippen molar-refractivity contribution in [3.05, 3.63) is 64.6 Å². The van der Waals surface area contributed by atoms with Crippen LogP contribution in [-0.2, 0) is 32.7 Å². The third-order valence-corrected chi connectivity index (χ3v) is 4.30. The van der Waals surface area contributed by atoms with Gasteiger partial charge < -0.3 is 22.0 Å². The zero-order valence-corrected chi connectivity index (χ0v) is 21.9. The van der Waals surface area contributed by atoms with Crippen molar-refractivity contribution in [3.63, 3.8) is 0 Å². The Hall–Kier alpha value is -0.896. The molecule has 1 N–H and O–H groups in total. The molecule has 2 aromatic carbocycles. The predicted molar refractivity (Wildman–Crippen MR) is 114 cm³/mol. The molecule has 3 nitrogen and oxygen atoms in total. The molecule has 0 aliphatic rings. The van der Waals surface area contributed by atoms with E-state index in [1.165, 1.54) is 38.9 Å². The predicted octanol–water partition coefficient (Wildman–Crippen LogP) is 5.61. The van der Waals surface area contributed by atoms with Crippen molar-refractivity contribution in [2.24, 2.45) is 0 Å². The first kappa shape index (κ1) is 30.8. The van der Waals surface area contributed by atoms with Crippen molar-refractivity contribution in [1.82, 2.24) is 0 Å². The molecular weight excluding hydrogens is 413 g/mol. The summed E-state index contributed by atoms with van der Waals surface area (Å²) in [6, 6.07) is 6.43. The van der Waals surface area contributed by atoms with Gasteiger partial charge >= 0.3 is 0 Å². The van der Waals surface area contributed by atoms with Crippen LogP contribution in [0, 0.1) is 55.9 Å². The Bertz CT molecular complexity index is 672. The first-order valence-corrected chi connectivity index (χ1v) is 8.40. The van der Waals surface area contributed by atoms with Gasteiger partial charge in [0.25, 0.3) is 0 Å². The van der Waals surface area contributed by atoms with E-state index in [9.17, 15) is 0 Å². The van der Waals surface area contributed by atoms with Gasteiger partial charge in [-0.1, -0.05) is 23.8 Å². The molecule has 0 atom stereocenters. The first-order valence-electron chi connectivity index (χ1n) is 8.40. The summed E-state index contributed by atoms with van der Waals surface area (Å²) < 4.78 is 10.5. The van der Waals surface area contributed by atoms with Gasteiger partial charge in [0.15, 0.2) is 0 Å². The molecule has 0 aromatic heterocycles. The van der Waals surface area contributed by atoms with Crippen molar-refractivity contribution in [2.75, 3.05) is 21.3 Å². The fraction of sp³-hybridized carbons (Fsp3) is 0.435. The van der Waals surface area contributed by atoms with Crippen LogP contribution in [0.5, 0.6) is 11.5 Å². The van der Waals surface area contributed by atoms with E-state index in [2.05, 4.69) is 66.7 Å². The maximum Gasteiger partial charge on any atom is 0.124 e. The largest absolute Gasteiger partial charge is 0.496 e. The van der Waals surface area contributed by atoms with E-state index in [1.54, 1.807) is 14.2 Å². The maximum atomic E-state index is 7.00. The van der Waals surface area contributed by atoms with E-state index >= 15 is 0 Å². The molecule has 0 saturated heterocycles. The van der Waals surface area contributed by atoms with E-state index in [1.807, 2.05) is 0 Å². The molecule has 0 bridgehead atoms. The molecule has 1 radical (unpaired) electrons. The summed E-state index contributed by atoms with van der Waals surface area (Å²) in [5.74, 6) is 2.04. The van der Waals surface area contributed by atoms with Gasteiger partial charge in [0.05, 0.1) is 14.2 Å². The van der Waals surface area contributed by atoms with Gasteiger partial charge in [0.2, 0.25) is 0 Å². The molecule has 0 amide bonds. The summed E-state index contributed by atoms with van der Waals surface area (Å²) in [6.45, 7) is 14.7. The average molecular weight is 450 g/mol. The fourth-order valence-corrected chi connectivity index (χ4v) is 3.06. The SMILES string of the molecule is CO.COc1c(C)cc(C)c(C)c1C.COc1c(C)cc(C)cc1C.[CH3-].[Y]. The summed E-state index contributed by atoms with van der Waals surface area (Å²) in [5.41, 5.74) is 8.87. The van der Waals surface area contributed by atoms with Gasteiger partial charge in [-0.3, -0.25) is 0 Å². The third-order valence-electron chi connectivity index (χ3n) is 4.30. The number of methoxy groups -OCH3 is 2. The minimum atomic E-state index is 0. The second kappa shape index (κ2) is 15.1. The minimum absolute atomic E-state index is 0. The minimum Gasteiger partial charge on any atom is -0.496 e. The molecule has 151 valence electrons. The maximum absolute atomic E-state index is 7.00. The Morgan fingerprint density at radius 3 is 1.33 bits per heavy atom. The number of ether oxygens (including phenoxy) is 2. The van der Waals surface area contributed by atoms with E-state index in [0.29, 0.717) is 0 Å². The molecule has 0 unspecified atom stereocenters. The zero-order chi connectivity index (χ0) is 19.7. The van der Waals surface area contributed by atoms with Crippen molar-refractivity contribution < 1.29 is 47.3 Å². The van der Waals surface area contributed by atoms with E-state index in [-0.39, 0.29) is 40.1 Å². The Morgan fingerprint density at radius 1 is 0.593 bits per heavy atom. The van der Waals surface area contributed by atoms with Crippen LogP contribution in [0.3, 0.4) is 0 Å². The van der Waals surface area contributed by atoms with Crippen LogP contribution < -0.4 is 9.47 Å². The molecule has 2 aromatic rings. The second-order valence-electron chi connectivity index (χ2n) is 6.23. The topological polar surface area (TPSA) is 38.7 Å². The molecule has 0 saturated carbocycles. The van der Waals surface area contributed by atoms with Gasteiger partial charge in [-0.25, -0.2) is 0 Å². The molecule has 0 heterocycles. The number of aliphatic hydroxyl groups excluding tert-OH is 1. The quantitative estimate of drug-likeness (QED) is 0.605. The van der Waals surface area contributed by atoms with Gasteiger partial charge in [-0.15, -0.1) is 0 Å².